The molecule has 1 amide bonds. The molecule has 3 atom stereocenters. The van der Waals surface area contributed by atoms with E-state index < -0.39 is 10.0 Å². The summed E-state index contributed by atoms with van der Waals surface area (Å²) in [5.74, 6) is 0.445. The number of hydrogen-bond donors (Lipinski definition) is 0. The van der Waals surface area contributed by atoms with E-state index in [1.165, 1.54) is 4.31 Å². The lowest BCUT2D eigenvalue weighted by Crippen LogP contribution is -2.44. The highest BCUT2D eigenvalue weighted by Gasteiger charge is 2.72. The number of pyridine rings is 1. The summed E-state index contributed by atoms with van der Waals surface area (Å²) in [6.45, 7) is 4.40. The number of nitrogens with zero attached hydrogens (tertiary/aromatic N) is 2. The van der Waals surface area contributed by atoms with Gasteiger partial charge in [0.25, 0.3) is 0 Å². The summed E-state index contributed by atoms with van der Waals surface area (Å²) in [6, 6.07) is 3.61. The lowest BCUT2D eigenvalue weighted by atomic mass is 9.69. The maximum absolute atomic E-state index is 12.8. The number of aromatic nitrogens is 1. The Morgan fingerprint density at radius 3 is 2.71 bits per heavy atom. The molecular weight excluding hydrogens is 324 g/mol. The van der Waals surface area contributed by atoms with E-state index in [4.69, 9.17) is 0 Å². The highest BCUT2D eigenvalue weighted by molar-refractivity contribution is 7.90. The number of carbonyl (C=O) groups excluding carboxylic acids is 1. The van der Waals surface area contributed by atoms with Gasteiger partial charge in [-0.15, -0.1) is 0 Å². The van der Waals surface area contributed by atoms with Gasteiger partial charge in [-0.1, -0.05) is 13.8 Å². The second-order valence-electron chi connectivity index (χ2n) is 8.17. The quantitative estimate of drug-likeness (QED) is 0.841. The maximum atomic E-state index is 12.8. The molecule has 1 aromatic heterocycles. The van der Waals surface area contributed by atoms with Crippen LogP contribution in [-0.4, -0.2) is 35.4 Å². The summed E-state index contributed by atoms with van der Waals surface area (Å²) in [5, 5.41) is 0. The molecule has 1 spiro atoms. The molecule has 2 saturated carbocycles. The molecule has 5 nitrogen and oxygen atoms in total. The SMILES string of the molecule is CC1(C)[C@@H]2CC[C@]13CS(=O)(=O)N(C(=O)CCc1ccncc1)[C@@H]3C2. The third-order valence-corrected chi connectivity index (χ3v) is 8.97. The molecule has 24 heavy (non-hydrogen) atoms. The zero-order valence-corrected chi connectivity index (χ0v) is 15.1. The summed E-state index contributed by atoms with van der Waals surface area (Å²) in [7, 11) is -3.49. The molecule has 1 aromatic rings. The fourth-order valence-corrected chi connectivity index (χ4v) is 8.10. The summed E-state index contributed by atoms with van der Waals surface area (Å²) in [4.78, 5) is 16.8. The molecule has 2 aliphatic carbocycles. The van der Waals surface area contributed by atoms with Gasteiger partial charge in [-0.05, 0) is 54.7 Å². The number of hydrogen-bond acceptors (Lipinski definition) is 4. The third kappa shape index (κ3) is 2.01. The van der Waals surface area contributed by atoms with Crippen molar-refractivity contribution in [1.82, 2.24) is 9.29 Å². The molecular formula is C18H24N2O3S. The molecule has 0 N–H and O–H groups in total. The normalized spacial score (nSPS) is 35.2. The van der Waals surface area contributed by atoms with E-state index in [0.717, 1.165) is 24.8 Å². The molecule has 1 aliphatic heterocycles. The molecule has 0 aromatic carbocycles. The molecule has 3 fully saturated rings. The van der Waals surface area contributed by atoms with Gasteiger partial charge in [0.05, 0.1) is 11.8 Å². The van der Waals surface area contributed by atoms with E-state index in [1.807, 2.05) is 12.1 Å². The first-order valence-electron chi connectivity index (χ1n) is 8.72. The standard InChI is InChI=1S/C18H24N2O3S/c1-17(2)14-5-8-18(17)12-24(22,23)20(15(18)11-14)16(21)4-3-13-6-9-19-10-7-13/h6-7,9-10,14-15H,3-5,8,11-12H2,1-2H3/t14-,15-,18-/m1/s1. The Balaban J connectivity index is 1.58. The van der Waals surface area contributed by atoms with Crippen molar-refractivity contribution in [2.24, 2.45) is 16.7 Å². The van der Waals surface area contributed by atoms with Crippen LogP contribution >= 0.6 is 0 Å². The van der Waals surface area contributed by atoms with E-state index in [9.17, 15) is 13.2 Å². The van der Waals surface area contributed by atoms with Crippen molar-refractivity contribution in [3.8, 4) is 0 Å². The molecule has 6 heteroatoms. The third-order valence-electron chi connectivity index (χ3n) is 7.03. The Bertz CT molecular complexity index is 775. The molecule has 2 heterocycles. The van der Waals surface area contributed by atoms with Crippen LogP contribution < -0.4 is 0 Å². The molecule has 0 radical (unpaired) electrons. The van der Waals surface area contributed by atoms with Crippen LogP contribution in [0.1, 0.15) is 45.1 Å². The van der Waals surface area contributed by atoms with Crippen molar-refractivity contribution in [2.45, 2.75) is 52.0 Å². The molecule has 1 saturated heterocycles. The zero-order valence-electron chi connectivity index (χ0n) is 14.2. The van der Waals surface area contributed by atoms with Crippen LogP contribution in [0.25, 0.3) is 0 Å². The average Bonchev–Trinajstić information content (AvgIpc) is 3.01. The van der Waals surface area contributed by atoms with E-state index in [2.05, 4.69) is 18.8 Å². The Kier molecular flexibility index (Phi) is 3.37. The van der Waals surface area contributed by atoms with Gasteiger partial charge in [0.1, 0.15) is 0 Å². The maximum Gasteiger partial charge on any atom is 0.238 e. The van der Waals surface area contributed by atoms with Crippen molar-refractivity contribution in [1.29, 1.82) is 0 Å². The van der Waals surface area contributed by atoms with E-state index >= 15 is 0 Å². The van der Waals surface area contributed by atoms with Crippen LogP contribution in [0, 0.1) is 16.7 Å². The Hall–Kier alpha value is -1.43. The Morgan fingerprint density at radius 2 is 2.04 bits per heavy atom. The van der Waals surface area contributed by atoms with Crippen LogP contribution in [0.15, 0.2) is 24.5 Å². The van der Waals surface area contributed by atoms with Gasteiger partial charge in [0.2, 0.25) is 15.9 Å². The highest BCUT2D eigenvalue weighted by atomic mass is 32.2. The fourth-order valence-electron chi connectivity index (χ4n) is 5.53. The molecule has 3 aliphatic rings. The Morgan fingerprint density at radius 1 is 1.33 bits per heavy atom. The number of aryl methyl sites for hydroxylation is 1. The number of sulfonamides is 1. The van der Waals surface area contributed by atoms with Gasteiger partial charge >= 0.3 is 0 Å². The van der Waals surface area contributed by atoms with Crippen molar-refractivity contribution in [3.05, 3.63) is 30.1 Å². The number of fused-ring (bicyclic) bond motifs is 1. The topological polar surface area (TPSA) is 67.3 Å². The monoisotopic (exact) mass is 348 g/mol. The van der Waals surface area contributed by atoms with Gasteiger partial charge < -0.3 is 0 Å². The van der Waals surface area contributed by atoms with Crippen molar-refractivity contribution >= 4 is 15.9 Å². The van der Waals surface area contributed by atoms with E-state index in [1.54, 1.807) is 12.4 Å². The minimum atomic E-state index is -3.49. The minimum Gasteiger partial charge on any atom is -0.274 e. The smallest absolute Gasteiger partial charge is 0.238 e. The number of rotatable bonds is 3. The van der Waals surface area contributed by atoms with Crippen LogP contribution in [0.5, 0.6) is 0 Å². The molecule has 130 valence electrons. The molecule has 4 rings (SSSR count). The predicted octanol–water partition coefficient (Wildman–Crippen LogP) is 2.38. The first kappa shape index (κ1) is 16.1. The van der Waals surface area contributed by atoms with Crippen molar-refractivity contribution in [3.63, 3.8) is 0 Å². The lowest BCUT2D eigenvalue weighted by molar-refractivity contribution is -0.129. The largest absolute Gasteiger partial charge is 0.274 e. The highest BCUT2D eigenvalue weighted by Crippen LogP contribution is 2.69. The van der Waals surface area contributed by atoms with Crippen LogP contribution in [-0.2, 0) is 21.2 Å². The van der Waals surface area contributed by atoms with Gasteiger partial charge in [0.15, 0.2) is 0 Å². The minimum absolute atomic E-state index is 0.00483. The van der Waals surface area contributed by atoms with Crippen LogP contribution in [0.2, 0.25) is 0 Å². The molecule has 2 bridgehead atoms. The second-order valence-corrected chi connectivity index (χ2v) is 10.0. The number of amides is 1. The number of carbonyl (C=O) groups is 1. The van der Waals surface area contributed by atoms with E-state index in [0.29, 0.717) is 12.3 Å². The predicted molar refractivity (Wildman–Crippen MR) is 90.5 cm³/mol. The van der Waals surface area contributed by atoms with Gasteiger partial charge in [-0.25, -0.2) is 12.7 Å². The first-order chi connectivity index (χ1) is 11.3. The zero-order chi connectivity index (χ0) is 17.2. The first-order valence-corrected chi connectivity index (χ1v) is 10.3. The summed E-state index contributed by atoms with van der Waals surface area (Å²) < 4.78 is 26.9. The van der Waals surface area contributed by atoms with Crippen LogP contribution in [0.4, 0.5) is 0 Å². The van der Waals surface area contributed by atoms with Crippen molar-refractivity contribution < 1.29 is 13.2 Å². The fraction of sp³-hybridized carbons (Fsp3) is 0.667. The van der Waals surface area contributed by atoms with Crippen molar-refractivity contribution in [2.75, 3.05) is 5.75 Å². The van der Waals surface area contributed by atoms with Gasteiger partial charge in [-0.3, -0.25) is 9.78 Å². The summed E-state index contributed by atoms with van der Waals surface area (Å²) in [6.07, 6.45) is 7.05. The summed E-state index contributed by atoms with van der Waals surface area (Å²) in [5.41, 5.74) is 0.783. The van der Waals surface area contributed by atoms with Gasteiger partial charge in [-0.2, -0.15) is 0 Å². The van der Waals surface area contributed by atoms with Gasteiger partial charge in [0, 0.05) is 24.2 Å². The molecule has 0 unspecified atom stereocenters. The summed E-state index contributed by atoms with van der Waals surface area (Å²) >= 11 is 0. The van der Waals surface area contributed by atoms with Crippen LogP contribution in [0.3, 0.4) is 0 Å². The Labute approximate surface area is 143 Å². The second kappa shape index (κ2) is 5.04. The lowest BCUT2D eigenvalue weighted by Gasteiger charge is -2.37. The van der Waals surface area contributed by atoms with E-state index in [-0.39, 0.29) is 35.0 Å². The average molecular weight is 348 g/mol.